The van der Waals surface area contributed by atoms with Gasteiger partial charge in [-0.3, -0.25) is 4.90 Å². The van der Waals surface area contributed by atoms with Gasteiger partial charge in [0.15, 0.2) is 0 Å². The molecule has 1 fully saturated rings. The first kappa shape index (κ1) is 16.2. The van der Waals surface area contributed by atoms with E-state index in [0.717, 1.165) is 31.7 Å². The van der Waals surface area contributed by atoms with Crippen molar-refractivity contribution in [2.45, 2.75) is 30.2 Å². The third-order valence-corrected chi connectivity index (χ3v) is 5.66. The molecule has 124 valence electrons. The lowest BCUT2D eigenvalue weighted by Crippen LogP contribution is -2.40. The highest BCUT2D eigenvalue weighted by Crippen LogP contribution is 2.25. The molecule has 23 heavy (non-hydrogen) atoms. The Morgan fingerprint density at radius 2 is 1.78 bits per heavy atom. The summed E-state index contributed by atoms with van der Waals surface area (Å²) in [7, 11) is -3.50. The Morgan fingerprint density at radius 3 is 2.43 bits per heavy atom. The summed E-state index contributed by atoms with van der Waals surface area (Å²) in [4.78, 5) is 2.59. The van der Waals surface area contributed by atoms with Gasteiger partial charge in [-0.2, -0.15) is 0 Å². The van der Waals surface area contributed by atoms with Gasteiger partial charge >= 0.3 is 0 Å². The molecule has 0 aliphatic carbocycles. The molecule has 0 spiro atoms. The third-order valence-electron chi connectivity index (χ3n) is 4.22. The van der Waals surface area contributed by atoms with Crippen LogP contribution in [-0.2, 0) is 10.0 Å². The zero-order valence-corrected chi connectivity index (χ0v) is 13.8. The number of sulfonamides is 1. The highest BCUT2D eigenvalue weighted by Gasteiger charge is 2.26. The molecule has 1 aromatic heterocycles. The number of piperidine rings is 1. The lowest BCUT2D eigenvalue weighted by Gasteiger charge is -2.33. The summed E-state index contributed by atoms with van der Waals surface area (Å²) in [5.74, 6) is 0.808. The van der Waals surface area contributed by atoms with Crippen LogP contribution in [0.15, 0.2) is 58.0 Å². The minimum Gasteiger partial charge on any atom is -0.468 e. The molecule has 1 aliphatic heterocycles. The predicted octanol–water partition coefficient (Wildman–Crippen LogP) is 2.79. The number of rotatable bonds is 6. The van der Waals surface area contributed by atoms with E-state index in [1.807, 2.05) is 12.1 Å². The van der Waals surface area contributed by atoms with Crippen LogP contribution in [0.1, 0.15) is 31.1 Å². The lowest BCUT2D eigenvalue weighted by atomic mass is 10.1. The maximum atomic E-state index is 12.4. The van der Waals surface area contributed by atoms with E-state index in [1.165, 1.54) is 6.42 Å². The SMILES string of the molecule is O=S(=O)(NCC(c1ccco1)N1CCCCC1)c1ccccc1. The fraction of sp³-hybridized carbons (Fsp3) is 0.412. The summed E-state index contributed by atoms with van der Waals surface area (Å²) in [5, 5.41) is 0. The van der Waals surface area contributed by atoms with E-state index in [1.54, 1.807) is 36.6 Å². The Bertz CT molecular complexity index is 693. The third kappa shape index (κ3) is 4.02. The van der Waals surface area contributed by atoms with Crippen molar-refractivity contribution in [3.8, 4) is 0 Å². The molecule has 3 rings (SSSR count). The summed E-state index contributed by atoms with van der Waals surface area (Å²) < 4.78 is 33.1. The van der Waals surface area contributed by atoms with E-state index in [0.29, 0.717) is 6.54 Å². The molecule has 0 amide bonds. The van der Waals surface area contributed by atoms with Gasteiger partial charge in [0.1, 0.15) is 5.76 Å². The molecule has 0 radical (unpaired) electrons. The Hall–Kier alpha value is -1.63. The molecule has 1 N–H and O–H groups in total. The summed E-state index contributed by atoms with van der Waals surface area (Å²) >= 11 is 0. The monoisotopic (exact) mass is 334 g/mol. The fourth-order valence-electron chi connectivity index (χ4n) is 2.99. The van der Waals surface area contributed by atoms with Crippen LogP contribution in [-0.4, -0.2) is 33.0 Å². The minimum atomic E-state index is -3.50. The van der Waals surface area contributed by atoms with Crippen LogP contribution in [0.2, 0.25) is 0 Å². The van der Waals surface area contributed by atoms with E-state index in [2.05, 4.69) is 9.62 Å². The van der Waals surface area contributed by atoms with Crippen LogP contribution < -0.4 is 4.72 Å². The smallest absolute Gasteiger partial charge is 0.240 e. The number of benzene rings is 1. The van der Waals surface area contributed by atoms with E-state index >= 15 is 0 Å². The molecule has 1 unspecified atom stereocenters. The maximum absolute atomic E-state index is 12.4. The van der Waals surface area contributed by atoms with E-state index in [9.17, 15) is 8.42 Å². The number of hydrogen-bond acceptors (Lipinski definition) is 4. The summed E-state index contributed by atoms with van der Waals surface area (Å²) in [6.07, 6.45) is 5.15. The second kappa shape index (κ2) is 7.29. The van der Waals surface area contributed by atoms with Gasteiger partial charge in [0, 0.05) is 6.54 Å². The average Bonchev–Trinajstić information content (AvgIpc) is 3.11. The fourth-order valence-corrected chi connectivity index (χ4v) is 4.05. The quantitative estimate of drug-likeness (QED) is 0.882. The van der Waals surface area contributed by atoms with Gasteiger partial charge in [-0.25, -0.2) is 13.1 Å². The molecule has 2 heterocycles. The van der Waals surface area contributed by atoms with Gasteiger partial charge < -0.3 is 4.42 Å². The van der Waals surface area contributed by atoms with Gasteiger partial charge in [0.25, 0.3) is 0 Å². The molecule has 1 saturated heterocycles. The van der Waals surface area contributed by atoms with Crippen molar-refractivity contribution >= 4 is 10.0 Å². The number of nitrogens with one attached hydrogen (secondary N) is 1. The van der Waals surface area contributed by atoms with Crippen LogP contribution in [0.4, 0.5) is 0 Å². The zero-order chi connectivity index (χ0) is 16.1. The van der Waals surface area contributed by atoms with Crippen molar-refractivity contribution in [3.63, 3.8) is 0 Å². The first-order valence-electron chi connectivity index (χ1n) is 7.99. The first-order chi connectivity index (χ1) is 11.2. The second-order valence-electron chi connectivity index (χ2n) is 5.79. The van der Waals surface area contributed by atoms with Crippen LogP contribution in [0.25, 0.3) is 0 Å². The van der Waals surface area contributed by atoms with Crippen molar-refractivity contribution in [2.24, 2.45) is 0 Å². The largest absolute Gasteiger partial charge is 0.468 e. The predicted molar refractivity (Wildman–Crippen MR) is 88.5 cm³/mol. The van der Waals surface area contributed by atoms with Gasteiger partial charge in [0.2, 0.25) is 10.0 Å². The molecule has 6 heteroatoms. The average molecular weight is 334 g/mol. The zero-order valence-electron chi connectivity index (χ0n) is 13.0. The molecular formula is C17H22N2O3S. The highest BCUT2D eigenvalue weighted by atomic mass is 32.2. The summed E-state index contributed by atoms with van der Waals surface area (Å²) in [6, 6.07) is 12.2. The Balaban J connectivity index is 1.74. The van der Waals surface area contributed by atoms with Crippen molar-refractivity contribution in [1.29, 1.82) is 0 Å². The van der Waals surface area contributed by atoms with Gasteiger partial charge in [0.05, 0.1) is 17.2 Å². The van der Waals surface area contributed by atoms with Crippen molar-refractivity contribution < 1.29 is 12.8 Å². The standard InChI is InChI=1S/C17H22N2O3S/c20-23(21,15-8-3-1-4-9-15)18-14-16(17-10-7-13-22-17)19-11-5-2-6-12-19/h1,3-4,7-10,13,16,18H,2,5-6,11-12,14H2. The van der Waals surface area contributed by atoms with E-state index in [4.69, 9.17) is 4.42 Å². The van der Waals surface area contributed by atoms with Gasteiger partial charge in [-0.15, -0.1) is 0 Å². The molecule has 0 saturated carbocycles. The lowest BCUT2D eigenvalue weighted by molar-refractivity contribution is 0.147. The number of furan rings is 1. The molecule has 1 atom stereocenters. The molecule has 1 aliphatic rings. The minimum absolute atomic E-state index is 0.0659. The molecule has 1 aromatic carbocycles. The van der Waals surface area contributed by atoms with Crippen LogP contribution in [0.5, 0.6) is 0 Å². The normalized spacial score (nSPS) is 17.9. The van der Waals surface area contributed by atoms with Crippen molar-refractivity contribution in [1.82, 2.24) is 9.62 Å². The van der Waals surface area contributed by atoms with Crippen LogP contribution in [0, 0.1) is 0 Å². The molecule has 5 nitrogen and oxygen atoms in total. The summed E-state index contributed by atoms with van der Waals surface area (Å²) in [5.41, 5.74) is 0. The van der Waals surface area contributed by atoms with Gasteiger partial charge in [-0.1, -0.05) is 24.6 Å². The van der Waals surface area contributed by atoms with Crippen LogP contribution >= 0.6 is 0 Å². The van der Waals surface area contributed by atoms with Crippen LogP contribution in [0.3, 0.4) is 0 Å². The number of hydrogen-bond donors (Lipinski definition) is 1. The van der Waals surface area contributed by atoms with E-state index < -0.39 is 10.0 Å². The molecule has 0 bridgehead atoms. The van der Waals surface area contributed by atoms with Gasteiger partial charge in [-0.05, 0) is 50.2 Å². The van der Waals surface area contributed by atoms with Crippen molar-refractivity contribution in [3.05, 3.63) is 54.5 Å². The first-order valence-corrected chi connectivity index (χ1v) is 9.47. The molecular weight excluding hydrogens is 312 g/mol. The van der Waals surface area contributed by atoms with E-state index in [-0.39, 0.29) is 10.9 Å². The Morgan fingerprint density at radius 1 is 1.04 bits per heavy atom. The maximum Gasteiger partial charge on any atom is 0.240 e. The Kier molecular flexibility index (Phi) is 5.15. The number of likely N-dealkylation sites (tertiary alicyclic amines) is 1. The Labute approximate surface area is 137 Å². The molecule has 2 aromatic rings. The topological polar surface area (TPSA) is 62.6 Å². The summed E-state index contributed by atoms with van der Waals surface area (Å²) in [6.45, 7) is 2.25. The second-order valence-corrected chi connectivity index (χ2v) is 7.56. The highest BCUT2D eigenvalue weighted by molar-refractivity contribution is 7.89. The number of nitrogens with zero attached hydrogens (tertiary/aromatic N) is 1. The van der Waals surface area contributed by atoms with Crippen molar-refractivity contribution in [2.75, 3.05) is 19.6 Å².